The molecular formula is C6H12O4S2. The van der Waals surface area contributed by atoms with Crippen molar-refractivity contribution in [2.45, 2.75) is 18.6 Å². The van der Waals surface area contributed by atoms with Crippen LogP contribution in [0.1, 0.15) is 13.3 Å². The molecule has 0 heterocycles. The lowest BCUT2D eigenvalue weighted by atomic mass is 10.2. The van der Waals surface area contributed by atoms with Gasteiger partial charge in [-0.15, -0.1) is 0 Å². The third-order valence-corrected chi connectivity index (χ3v) is 3.10. The van der Waals surface area contributed by atoms with E-state index in [2.05, 4.69) is 0 Å². The third kappa shape index (κ3) is 5.56. The van der Waals surface area contributed by atoms with Gasteiger partial charge in [0.15, 0.2) is 0 Å². The average Bonchev–Trinajstić information content (AvgIpc) is 1.97. The Morgan fingerprint density at radius 2 is 2.08 bits per heavy atom. The van der Waals surface area contributed by atoms with Crippen LogP contribution in [0.2, 0.25) is 0 Å². The molecule has 1 unspecified atom stereocenters. The normalized spacial score (nSPS) is 14.2. The summed E-state index contributed by atoms with van der Waals surface area (Å²) in [4.78, 5) is 11.0. The van der Waals surface area contributed by atoms with Crippen LogP contribution in [0.25, 0.3) is 0 Å². The minimum atomic E-state index is -3.99. The molecule has 0 fully saturated rings. The lowest BCUT2D eigenvalue weighted by Crippen LogP contribution is -2.17. The van der Waals surface area contributed by atoms with Crippen molar-refractivity contribution in [3.05, 3.63) is 0 Å². The molecule has 0 saturated heterocycles. The topological polar surface area (TPSA) is 71.4 Å². The van der Waals surface area contributed by atoms with Crippen molar-refractivity contribution in [2.24, 2.45) is 0 Å². The van der Waals surface area contributed by atoms with Gasteiger partial charge in [0.1, 0.15) is 5.78 Å². The number of thioether (sulfide) groups is 1. The van der Waals surface area contributed by atoms with Crippen molar-refractivity contribution >= 4 is 27.7 Å². The Labute approximate surface area is 76.5 Å². The first-order valence-electron chi connectivity index (χ1n) is 3.37. The van der Waals surface area contributed by atoms with E-state index in [4.69, 9.17) is 4.55 Å². The van der Waals surface area contributed by atoms with Crippen LogP contribution in [0.15, 0.2) is 0 Å². The molecule has 72 valence electrons. The summed E-state index contributed by atoms with van der Waals surface area (Å²) in [6, 6.07) is 0. The molecule has 1 atom stereocenters. The van der Waals surface area contributed by atoms with Gasteiger partial charge in [0.05, 0.1) is 11.0 Å². The van der Waals surface area contributed by atoms with E-state index in [0.717, 1.165) is 0 Å². The predicted molar refractivity (Wildman–Crippen MR) is 49.0 cm³/mol. The van der Waals surface area contributed by atoms with E-state index >= 15 is 0 Å². The van der Waals surface area contributed by atoms with Gasteiger partial charge in [0.25, 0.3) is 10.1 Å². The van der Waals surface area contributed by atoms with Gasteiger partial charge in [-0.25, -0.2) is 0 Å². The van der Waals surface area contributed by atoms with E-state index in [1.807, 2.05) is 0 Å². The van der Waals surface area contributed by atoms with Gasteiger partial charge in [0.2, 0.25) is 0 Å². The third-order valence-electron chi connectivity index (χ3n) is 1.41. The molecule has 0 aromatic carbocycles. The molecule has 12 heavy (non-hydrogen) atoms. The highest BCUT2D eigenvalue weighted by molar-refractivity contribution is 7.99. The fourth-order valence-corrected chi connectivity index (χ4v) is 1.40. The largest absolute Gasteiger partial charge is 0.298 e. The molecule has 0 bridgehead atoms. The second-order valence-corrected chi connectivity index (χ2v) is 5.13. The van der Waals surface area contributed by atoms with Gasteiger partial charge in [-0.05, 0) is 13.2 Å². The second kappa shape index (κ2) is 4.84. The summed E-state index contributed by atoms with van der Waals surface area (Å²) in [7, 11) is -3.99. The van der Waals surface area contributed by atoms with Crippen molar-refractivity contribution in [2.75, 3.05) is 12.0 Å². The molecular weight excluding hydrogens is 200 g/mol. The Morgan fingerprint density at radius 3 is 2.42 bits per heavy atom. The summed E-state index contributed by atoms with van der Waals surface area (Å²) in [5, 5.41) is -0.202. The zero-order chi connectivity index (χ0) is 9.78. The Bertz CT molecular complexity index is 244. The lowest BCUT2D eigenvalue weighted by Gasteiger charge is -2.04. The van der Waals surface area contributed by atoms with Crippen molar-refractivity contribution < 1.29 is 17.8 Å². The number of Topliss-reactive ketones (excluding diaryl/α,β-unsaturated/α-hetero) is 1. The summed E-state index contributed by atoms with van der Waals surface area (Å²) < 4.78 is 28.8. The van der Waals surface area contributed by atoms with Crippen LogP contribution in [0.3, 0.4) is 0 Å². The number of carbonyl (C=O) groups excluding carboxylic acids is 1. The fourth-order valence-electron chi connectivity index (χ4n) is 0.564. The monoisotopic (exact) mass is 212 g/mol. The van der Waals surface area contributed by atoms with Gasteiger partial charge < -0.3 is 0 Å². The molecule has 0 radical (unpaired) electrons. The molecule has 0 spiro atoms. The maximum atomic E-state index is 11.0. The highest BCUT2D eigenvalue weighted by Gasteiger charge is 2.14. The highest BCUT2D eigenvalue weighted by Crippen LogP contribution is 2.08. The van der Waals surface area contributed by atoms with Crippen LogP contribution >= 0.6 is 11.8 Å². The number of hydrogen-bond donors (Lipinski definition) is 1. The average molecular weight is 212 g/mol. The van der Waals surface area contributed by atoms with Crippen LogP contribution in [0, 0.1) is 0 Å². The molecule has 0 aliphatic heterocycles. The molecule has 4 nitrogen and oxygen atoms in total. The Morgan fingerprint density at radius 1 is 1.58 bits per heavy atom. The molecule has 0 rings (SSSR count). The van der Waals surface area contributed by atoms with Crippen molar-refractivity contribution in [1.82, 2.24) is 0 Å². The first-order valence-corrected chi connectivity index (χ1v) is 6.27. The van der Waals surface area contributed by atoms with Crippen molar-refractivity contribution in [3.63, 3.8) is 0 Å². The van der Waals surface area contributed by atoms with E-state index in [-0.39, 0.29) is 17.5 Å². The molecule has 1 N–H and O–H groups in total. The molecule has 0 aromatic heterocycles. The molecule has 0 saturated carbocycles. The van der Waals surface area contributed by atoms with Crippen LogP contribution in [-0.4, -0.2) is 36.0 Å². The van der Waals surface area contributed by atoms with Gasteiger partial charge in [-0.1, -0.05) is 0 Å². The van der Waals surface area contributed by atoms with Gasteiger partial charge in [-0.3, -0.25) is 9.35 Å². The fraction of sp³-hybridized carbons (Fsp3) is 0.833. The number of rotatable bonds is 5. The van der Waals surface area contributed by atoms with E-state index in [1.54, 1.807) is 13.2 Å². The summed E-state index contributed by atoms with van der Waals surface area (Å²) in [6.45, 7) is 1.71. The maximum absolute atomic E-state index is 11.0. The van der Waals surface area contributed by atoms with Crippen LogP contribution < -0.4 is 0 Å². The molecule has 0 aliphatic carbocycles. The Kier molecular flexibility index (Phi) is 4.81. The standard InChI is InChI=1S/C6H12O4S2/c1-5(11-2)6(7)3-4-12(8,9)10/h5H,3-4H2,1-2H3,(H,8,9,10). The molecule has 0 aliphatic rings. The highest BCUT2D eigenvalue weighted by atomic mass is 32.2. The summed E-state index contributed by atoms with van der Waals surface area (Å²) >= 11 is 1.36. The minimum absolute atomic E-state index is 0.110. The quantitative estimate of drug-likeness (QED) is 0.675. The summed E-state index contributed by atoms with van der Waals surface area (Å²) in [5.74, 6) is -0.628. The predicted octanol–water partition coefficient (Wildman–Crippen LogP) is 0.585. The second-order valence-electron chi connectivity index (χ2n) is 2.38. The summed E-state index contributed by atoms with van der Waals surface area (Å²) in [5.41, 5.74) is 0. The molecule has 0 amide bonds. The first kappa shape index (κ1) is 11.9. The molecule has 0 aromatic rings. The van der Waals surface area contributed by atoms with E-state index < -0.39 is 15.9 Å². The smallest absolute Gasteiger partial charge is 0.265 e. The zero-order valence-electron chi connectivity index (χ0n) is 6.98. The van der Waals surface area contributed by atoms with E-state index in [9.17, 15) is 13.2 Å². The lowest BCUT2D eigenvalue weighted by molar-refractivity contribution is -0.117. The zero-order valence-corrected chi connectivity index (χ0v) is 8.61. The van der Waals surface area contributed by atoms with Crippen LogP contribution in [0.4, 0.5) is 0 Å². The van der Waals surface area contributed by atoms with Crippen molar-refractivity contribution in [3.8, 4) is 0 Å². The van der Waals surface area contributed by atoms with Crippen LogP contribution in [-0.2, 0) is 14.9 Å². The minimum Gasteiger partial charge on any atom is -0.298 e. The van der Waals surface area contributed by atoms with E-state index in [0.29, 0.717) is 0 Å². The number of carbonyl (C=O) groups is 1. The number of ketones is 1. The maximum Gasteiger partial charge on any atom is 0.265 e. The Balaban J connectivity index is 3.88. The SMILES string of the molecule is CSC(C)C(=O)CCS(=O)(=O)O. The summed E-state index contributed by atoms with van der Waals surface area (Å²) in [6.07, 6.45) is 1.66. The van der Waals surface area contributed by atoms with Crippen LogP contribution in [0.5, 0.6) is 0 Å². The van der Waals surface area contributed by atoms with Gasteiger partial charge in [0, 0.05) is 6.42 Å². The van der Waals surface area contributed by atoms with Gasteiger partial charge >= 0.3 is 0 Å². The first-order chi connectivity index (χ1) is 5.37. The van der Waals surface area contributed by atoms with Gasteiger partial charge in [-0.2, -0.15) is 20.2 Å². The van der Waals surface area contributed by atoms with E-state index in [1.165, 1.54) is 11.8 Å². The number of hydrogen-bond acceptors (Lipinski definition) is 4. The Hall–Kier alpha value is -0.0700. The molecule has 6 heteroatoms. The van der Waals surface area contributed by atoms with Crippen molar-refractivity contribution in [1.29, 1.82) is 0 Å².